The number of thiazole rings is 1. The molecule has 0 radical (unpaired) electrons. The van der Waals surface area contributed by atoms with E-state index >= 15 is 0 Å². The second-order valence-corrected chi connectivity index (χ2v) is 7.36. The first-order chi connectivity index (χ1) is 9.63. The summed E-state index contributed by atoms with van der Waals surface area (Å²) in [6.45, 7) is 3.32. The summed E-state index contributed by atoms with van der Waals surface area (Å²) in [6, 6.07) is 0. The van der Waals surface area contributed by atoms with E-state index in [0.29, 0.717) is 6.42 Å². The van der Waals surface area contributed by atoms with Gasteiger partial charge in [-0.1, -0.05) is 19.8 Å². The van der Waals surface area contributed by atoms with Gasteiger partial charge < -0.3 is 10.4 Å². The second kappa shape index (κ2) is 5.72. The van der Waals surface area contributed by atoms with Gasteiger partial charge in [0.15, 0.2) is 5.13 Å². The van der Waals surface area contributed by atoms with Gasteiger partial charge in [0.2, 0.25) is 0 Å². The van der Waals surface area contributed by atoms with Crippen molar-refractivity contribution >= 4 is 22.4 Å². The van der Waals surface area contributed by atoms with Crippen molar-refractivity contribution < 1.29 is 9.90 Å². The summed E-state index contributed by atoms with van der Waals surface area (Å²) in [4.78, 5) is 16.8. The van der Waals surface area contributed by atoms with Crippen LogP contribution in [0.2, 0.25) is 0 Å². The monoisotopic (exact) mass is 294 g/mol. The number of carbonyl (C=O) groups is 1. The number of aromatic nitrogens is 1. The second-order valence-electron chi connectivity index (χ2n) is 6.28. The van der Waals surface area contributed by atoms with Gasteiger partial charge in [0.1, 0.15) is 5.92 Å². The van der Waals surface area contributed by atoms with Crippen molar-refractivity contribution in [2.45, 2.75) is 51.4 Å². The molecule has 20 heavy (non-hydrogen) atoms. The average Bonchev–Trinajstić information content (AvgIpc) is 2.95. The van der Waals surface area contributed by atoms with Gasteiger partial charge in [-0.3, -0.25) is 4.79 Å². The predicted octanol–water partition coefficient (Wildman–Crippen LogP) is 3.50. The Bertz CT molecular complexity index is 500. The lowest BCUT2D eigenvalue weighted by Crippen LogP contribution is -2.21. The van der Waals surface area contributed by atoms with Crippen LogP contribution >= 0.6 is 11.3 Å². The minimum absolute atomic E-state index is 0.383. The van der Waals surface area contributed by atoms with Crippen LogP contribution in [0.15, 0.2) is 0 Å². The van der Waals surface area contributed by atoms with Crippen LogP contribution in [-0.4, -0.2) is 22.6 Å². The Balaban J connectivity index is 1.59. The van der Waals surface area contributed by atoms with Crippen molar-refractivity contribution in [3.63, 3.8) is 0 Å². The molecule has 0 bridgehead atoms. The van der Waals surface area contributed by atoms with Crippen LogP contribution in [-0.2, 0) is 11.2 Å². The van der Waals surface area contributed by atoms with Crippen LogP contribution in [0.3, 0.4) is 0 Å². The highest BCUT2D eigenvalue weighted by molar-refractivity contribution is 7.15. The molecular weight excluding hydrogens is 272 g/mol. The van der Waals surface area contributed by atoms with Crippen LogP contribution in [0.25, 0.3) is 0 Å². The molecule has 1 heterocycles. The maximum absolute atomic E-state index is 11.2. The zero-order chi connectivity index (χ0) is 14.1. The van der Waals surface area contributed by atoms with Gasteiger partial charge in [-0.25, -0.2) is 4.98 Å². The topological polar surface area (TPSA) is 62.2 Å². The van der Waals surface area contributed by atoms with E-state index in [1.165, 1.54) is 25.7 Å². The van der Waals surface area contributed by atoms with Crippen molar-refractivity contribution in [3.8, 4) is 0 Å². The van der Waals surface area contributed by atoms with E-state index in [2.05, 4.69) is 17.2 Å². The molecule has 2 N–H and O–H groups in total. The SMILES string of the molecule is CC1CCCC(CNc2nc3c(s2)CCC3C(=O)O)C1. The number of rotatable bonds is 4. The molecule has 3 unspecified atom stereocenters. The third kappa shape index (κ3) is 2.82. The third-order valence-electron chi connectivity index (χ3n) is 4.60. The fourth-order valence-corrected chi connectivity index (χ4v) is 4.57. The fraction of sp³-hybridized carbons (Fsp3) is 0.733. The van der Waals surface area contributed by atoms with Gasteiger partial charge in [0.05, 0.1) is 5.69 Å². The maximum Gasteiger partial charge on any atom is 0.312 e. The summed E-state index contributed by atoms with van der Waals surface area (Å²) in [5, 5.41) is 13.5. The molecule has 2 aliphatic carbocycles. The van der Waals surface area contributed by atoms with Gasteiger partial charge >= 0.3 is 5.97 Å². The Morgan fingerprint density at radius 1 is 1.45 bits per heavy atom. The molecule has 1 aromatic rings. The van der Waals surface area contributed by atoms with Gasteiger partial charge in [0.25, 0.3) is 0 Å². The van der Waals surface area contributed by atoms with Gasteiger partial charge in [-0.2, -0.15) is 0 Å². The quantitative estimate of drug-likeness (QED) is 0.892. The molecule has 1 fully saturated rings. The normalized spacial score (nSPS) is 29.1. The first-order valence-corrected chi connectivity index (χ1v) is 8.41. The molecule has 0 amide bonds. The number of hydrogen-bond acceptors (Lipinski definition) is 4. The Morgan fingerprint density at radius 2 is 2.30 bits per heavy atom. The molecule has 4 nitrogen and oxygen atoms in total. The number of anilines is 1. The summed E-state index contributed by atoms with van der Waals surface area (Å²) in [6.07, 6.45) is 6.89. The highest BCUT2D eigenvalue weighted by Crippen LogP contribution is 2.38. The minimum Gasteiger partial charge on any atom is -0.481 e. The summed E-state index contributed by atoms with van der Waals surface area (Å²) in [5.74, 6) is 0.467. The third-order valence-corrected chi connectivity index (χ3v) is 5.69. The maximum atomic E-state index is 11.2. The van der Waals surface area contributed by atoms with Crippen LogP contribution in [0.4, 0.5) is 5.13 Å². The van der Waals surface area contributed by atoms with Crippen LogP contribution in [0, 0.1) is 11.8 Å². The van der Waals surface area contributed by atoms with Crippen molar-refractivity contribution in [2.24, 2.45) is 11.8 Å². The zero-order valence-corrected chi connectivity index (χ0v) is 12.7. The van der Waals surface area contributed by atoms with E-state index in [1.807, 2.05) is 0 Å². The molecule has 0 aromatic carbocycles. The molecule has 3 rings (SSSR count). The van der Waals surface area contributed by atoms with E-state index in [4.69, 9.17) is 0 Å². The molecule has 0 spiro atoms. The Morgan fingerprint density at radius 3 is 3.05 bits per heavy atom. The first kappa shape index (κ1) is 13.9. The number of nitrogens with one attached hydrogen (secondary N) is 1. The molecule has 1 saturated carbocycles. The molecule has 5 heteroatoms. The van der Waals surface area contributed by atoms with E-state index in [-0.39, 0.29) is 5.92 Å². The lowest BCUT2D eigenvalue weighted by atomic mass is 9.82. The molecule has 110 valence electrons. The molecule has 1 aromatic heterocycles. The number of aryl methyl sites for hydroxylation is 1. The smallest absolute Gasteiger partial charge is 0.312 e. The lowest BCUT2D eigenvalue weighted by molar-refractivity contribution is -0.138. The summed E-state index contributed by atoms with van der Waals surface area (Å²) in [7, 11) is 0. The highest BCUT2D eigenvalue weighted by atomic mass is 32.1. The van der Waals surface area contributed by atoms with Crippen molar-refractivity contribution in [1.82, 2.24) is 4.98 Å². The number of nitrogens with zero attached hydrogens (tertiary/aromatic N) is 1. The Labute approximate surface area is 123 Å². The van der Waals surface area contributed by atoms with Crippen molar-refractivity contribution in [1.29, 1.82) is 0 Å². The molecular formula is C15H22N2O2S. The van der Waals surface area contributed by atoms with Crippen LogP contribution in [0.5, 0.6) is 0 Å². The van der Waals surface area contributed by atoms with E-state index in [0.717, 1.165) is 40.5 Å². The number of carboxylic acids is 1. The van der Waals surface area contributed by atoms with Crippen molar-refractivity contribution in [2.75, 3.05) is 11.9 Å². The van der Waals surface area contributed by atoms with Crippen LogP contribution < -0.4 is 5.32 Å². The minimum atomic E-state index is -0.735. The summed E-state index contributed by atoms with van der Waals surface area (Å²) in [5.41, 5.74) is 0.807. The summed E-state index contributed by atoms with van der Waals surface area (Å²) < 4.78 is 0. The largest absolute Gasteiger partial charge is 0.481 e. The average molecular weight is 294 g/mol. The Kier molecular flexibility index (Phi) is 3.96. The summed E-state index contributed by atoms with van der Waals surface area (Å²) >= 11 is 1.65. The zero-order valence-electron chi connectivity index (χ0n) is 11.9. The number of carboxylic acid groups (broad SMARTS) is 1. The van der Waals surface area contributed by atoms with E-state index in [9.17, 15) is 9.90 Å². The number of aliphatic carboxylic acids is 1. The van der Waals surface area contributed by atoms with E-state index < -0.39 is 5.97 Å². The molecule has 0 aliphatic heterocycles. The van der Waals surface area contributed by atoms with Gasteiger partial charge in [0, 0.05) is 11.4 Å². The predicted molar refractivity (Wildman–Crippen MR) is 80.4 cm³/mol. The molecule has 0 saturated heterocycles. The van der Waals surface area contributed by atoms with Gasteiger partial charge in [-0.05, 0) is 37.5 Å². The number of fused-ring (bicyclic) bond motifs is 1. The molecule has 2 aliphatic rings. The highest BCUT2D eigenvalue weighted by Gasteiger charge is 2.32. The van der Waals surface area contributed by atoms with Gasteiger partial charge in [-0.15, -0.1) is 11.3 Å². The number of hydrogen-bond donors (Lipinski definition) is 2. The first-order valence-electron chi connectivity index (χ1n) is 7.59. The molecule has 3 atom stereocenters. The fourth-order valence-electron chi connectivity index (χ4n) is 3.52. The Hall–Kier alpha value is -1.10. The van der Waals surface area contributed by atoms with Crippen molar-refractivity contribution in [3.05, 3.63) is 10.6 Å². The standard InChI is InChI=1S/C15H22N2O2S/c1-9-3-2-4-10(7-9)8-16-15-17-13-11(14(18)19)5-6-12(13)20-15/h9-11H,2-8H2,1H3,(H,16,17)(H,18,19). The van der Waals surface area contributed by atoms with E-state index in [1.54, 1.807) is 11.3 Å². The lowest BCUT2D eigenvalue weighted by Gasteiger charge is -2.26. The van der Waals surface area contributed by atoms with Crippen LogP contribution in [0.1, 0.15) is 55.5 Å².